The lowest BCUT2D eigenvalue weighted by Gasteiger charge is -2.23. The van der Waals surface area contributed by atoms with Crippen LogP contribution in [0.3, 0.4) is 0 Å². The Kier molecular flexibility index (Phi) is 4.48. The molecule has 4 rings (SSSR count). The summed E-state index contributed by atoms with van der Waals surface area (Å²) in [5.74, 6) is -0.921. The van der Waals surface area contributed by atoms with Crippen molar-refractivity contribution in [2.45, 2.75) is 0 Å². The van der Waals surface area contributed by atoms with E-state index in [4.69, 9.17) is 17.0 Å². The number of nitrogens with one attached hydrogen (secondary N) is 1. The largest absolute Gasteiger partial charge is 0.317 e. The lowest BCUT2D eigenvalue weighted by atomic mass is 10.1. The fraction of sp³-hybridized carbons (Fsp3) is 0.0588. The number of hydrogen-bond acceptors (Lipinski definition) is 6. The molecule has 0 spiro atoms. The van der Waals surface area contributed by atoms with E-state index in [9.17, 15) is 13.2 Å². The Bertz CT molecular complexity index is 1230. The van der Waals surface area contributed by atoms with Crippen molar-refractivity contribution in [1.29, 1.82) is 5.41 Å². The molecule has 2 aromatic rings. The highest BCUT2D eigenvalue weighted by molar-refractivity contribution is 8.16. The van der Waals surface area contributed by atoms with Gasteiger partial charge >= 0.3 is 0 Å². The normalized spacial score (nSPS) is 18.4. The first-order valence-corrected chi connectivity index (χ1v) is 10.9. The SMILES string of the molecule is CS(=O)(=O)C1=NSC2=NC(=O)/C(=C\c3cccn3-c3cccc(Cl)c3)C(=N)N21. The van der Waals surface area contributed by atoms with Gasteiger partial charge in [-0.3, -0.25) is 10.2 Å². The van der Waals surface area contributed by atoms with E-state index >= 15 is 0 Å². The Balaban J connectivity index is 1.78. The highest BCUT2D eigenvalue weighted by Crippen LogP contribution is 2.30. The van der Waals surface area contributed by atoms with Crippen molar-refractivity contribution >= 4 is 61.5 Å². The highest BCUT2D eigenvalue weighted by Gasteiger charge is 2.41. The van der Waals surface area contributed by atoms with Crippen molar-refractivity contribution in [2.75, 3.05) is 6.26 Å². The molecule has 1 aromatic carbocycles. The molecule has 3 heterocycles. The van der Waals surface area contributed by atoms with E-state index in [0.29, 0.717) is 10.7 Å². The monoisotopic (exact) mass is 433 g/mol. The molecule has 11 heteroatoms. The van der Waals surface area contributed by atoms with Gasteiger partial charge in [-0.1, -0.05) is 17.7 Å². The van der Waals surface area contributed by atoms with Crippen LogP contribution in [0.2, 0.25) is 5.02 Å². The maximum Gasteiger partial charge on any atom is 0.283 e. The topological polar surface area (TPSA) is 108 Å². The number of aromatic nitrogens is 1. The molecule has 0 saturated heterocycles. The molecule has 28 heavy (non-hydrogen) atoms. The van der Waals surface area contributed by atoms with Crippen LogP contribution in [0.1, 0.15) is 5.69 Å². The summed E-state index contributed by atoms with van der Waals surface area (Å²) in [7, 11) is -3.69. The third-order valence-corrected chi connectivity index (χ3v) is 5.97. The number of sulfone groups is 1. The number of rotatable bonds is 2. The smallest absolute Gasteiger partial charge is 0.283 e. The molecule has 2 aliphatic rings. The second-order valence-electron chi connectivity index (χ2n) is 5.96. The van der Waals surface area contributed by atoms with Gasteiger partial charge in [0.1, 0.15) is 5.84 Å². The third kappa shape index (κ3) is 3.19. The minimum Gasteiger partial charge on any atom is -0.317 e. The van der Waals surface area contributed by atoms with Crippen LogP contribution in [0.5, 0.6) is 0 Å². The van der Waals surface area contributed by atoms with Crippen LogP contribution in [-0.2, 0) is 14.6 Å². The molecule has 0 bridgehead atoms. The number of nitrogens with zero attached hydrogens (tertiary/aromatic N) is 4. The van der Waals surface area contributed by atoms with E-state index in [1.165, 1.54) is 6.08 Å². The van der Waals surface area contributed by atoms with Crippen molar-refractivity contribution in [3.63, 3.8) is 0 Å². The third-order valence-electron chi connectivity index (χ3n) is 3.98. The summed E-state index contributed by atoms with van der Waals surface area (Å²) in [6.45, 7) is 0. The van der Waals surface area contributed by atoms with Crippen LogP contribution in [0.25, 0.3) is 11.8 Å². The maximum absolute atomic E-state index is 12.5. The number of halogens is 1. The number of carbonyl (C=O) groups is 1. The molecule has 0 fully saturated rings. The summed E-state index contributed by atoms with van der Waals surface area (Å²) in [5.41, 5.74) is 1.35. The molecular formula is C17H12ClN5O3S2. The van der Waals surface area contributed by atoms with Crippen molar-refractivity contribution in [2.24, 2.45) is 9.39 Å². The van der Waals surface area contributed by atoms with Crippen molar-refractivity contribution in [3.8, 4) is 5.69 Å². The van der Waals surface area contributed by atoms with Gasteiger partial charge in [0, 0.05) is 28.9 Å². The lowest BCUT2D eigenvalue weighted by Crippen LogP contribution is -2.45. The Morgan fingerprint density at radius 3 is 2.75 bits per heavy atom. The molecule has 0 unspecified atom stereocenters. The molecule has 0 saturated carbocycles. The Hall–Kier alpha value is -2.69. The molecule has 2 aliphatic heterocycles. The molecule has 1 N–H and O–H groups in total. The molecular weight excluding hydrogens is 422 g/mol. The Labute approximate surface area is 169 Å². The number of amides is 1. The minimum absolute atomic E-state index is 0.0374. The zero-order chi connectivity index (χ0) is 20.1. The number of amidine groups is 3. The fourth-order valence-corrected chi connectivity index (χ4v) is 4.79. The first-order valence-electron chi connectivity index (χ1n) is 7.88. The molecule has 142 valence electrons. The van der Waals surface area contributed by atoms with Crippen LogP contribution in [0.4, 0.5) is 0 Å². The molecule has 8 nitrogen and oxygen atoms in total. The van der Waals surface area contributed by atoms with Gasteiger partial charge in [0.05, 0.1) is 17.5 Å². The average Bonchev–Trinajstić information content (AvgIpc) is 3.25. The quantitative estimate of drug-likeness (QED) is 0.578. The van der Waals surface area contributed by atoms with Gasteiger partial charge < -0.3 is 4.57 Å². The minimum atomic E-state index is -3.69. The summed E-state index contributed by atoms with van der Waals surface area (Å²) in [6, 6.07) is 10.7. The molecule has 0 radical (unpaired) electrons. The van der Waals surface area contributed by atoms with Crippen molar-refractivity contribution in [1.82, 2.24) is 9.47 Å². The van der Waals surface area contributed by atoms with E-state index in [-0.39, 0.29) is 21.7 Å². The molecule has 1 amide bonds. The Morgan fingerprint density at radius 1 is 1.25 bits per heavy atom. The van der Waals surface area contributed by atoms with Gasteiger partial charge in [0.15, 0.2) is 0 Å². The molecule has 1 aromatic heterocycles. The van der Waals surface area contributed by atoms with E-state index in [0.717, 1.165) is 28.8 Å². The first-order chi connectivity index (χ1) is 13.3. The summed E-state index contributed by atoms with van der Waals surface area (Å²) >= 11 is 6.81. The zero-order valence-corrected chi connectivity index (χ0v) is 16.7. The predicted molar refractivity (Wildman–Crippen MR) is 111 cm³/mol. The molecule has 0 atom stereocenters. The number of aliphatic imine (C=N–C) groups is 1. The van der Waals surface area contributed by atoms with E-state index in [2.05, 4.69) is 9.39 Å². The average molecular weight is 434 g/mol. The number of carbonyl (C=O) groups excluding carboxylic acids is 1. The van der Waals surface area contributed by atoms with Gasteiger partial charge in [-0.15, -0.1) is 0 Å². The van der Waals surface area contributed by atoms with Crippen molar-refractivity contribution in [3.05, 3.63) is 58.9 Å². The van der Waals surface area contributed by atoms with Crippen LogP contribution < -0.4 is 0 Å². The summed E-state index contributed by atoms with van der Waals surface area (Å²) in [4.78, 5) is 17.4. The number of benzene rings is 1. The first kappa shape index (κ1) is 18.7. The second kappa shape index (κ2) is 6.73. The standard InChI is InChI=1S/C17H12ClN5O3S2/c1-28(25,26)17-21-27-16-20-15(24)13(14(19)23(16)17)9-12-6-3-7-22(12)11-5-2-4-10(18)8-11/h2-9,19H,1H3/b13-9-,19-14?. The van der Waals surface area contributed by atoms with Crippen LogP contribution in [0.15, 0.2) is 57.6 Å². The van der Waals surface area contributed by atoms with Gasteiger partial charge in [0.2, 0.25) is 20.2 Å². The predicted octanol–water partition coefficient (Wildman–Crippen LogP) is 2.75. The van der Waals surface area contributed by atoms with Gasteiger partial charge in [-0.25, -0.2) is 13.3 Å². The summed E-state index contributed by atoms with van der Waals surface area (Å²) in [5, 5.41) is 8.69. The van der Waals surface area contributed by atoms with Crippen LogP contribution >= 0.6 is 23.5 Å². The number of fused-ring (bicyclic) bond motifs is 1. The summed E-state index contributed by atoms with van der Waals surface area (Å²) in [6.07, 6.45) is 4.28. The van der Waals surface area contributed by atoms with Crippen LogP contribution in [0, 0.1) is 5.41 Å². The van der Waals surface area contributed by atoms with E-state index in [1.54, 1.807) is 41.1 Å². The van der Waals surface area contributed by atoms with Gasteiger partial charge in [-0.05, 0) is 36.4 Å². The van der Waals surface area contributed by atoms with Gasteiger partial charge in [0.25, 0.3) is 5.91 Å². The van der Waals surface area contributed by atoms with E-state index < -0.39 is 15.7 Å². The Morgan fingerprint density at radius 2 is 2.04 bits per heavy atom. The van der Waals surface area contributed by atoms with E-state index in [1.807, 2.05) is 6.07 Å². The summed E-state index contributed by atoms with van der Waals surface area (Å²) < 4.78 is 29.5. The lowest BCUT2D eigenvalue weighted by molar-refractivity contribution is -0.114. The van der Waals surface area contributed by atoms with Crippen LogP contribution in [-0.4, -0.2) is 46.2 Å². The fourth-order valence-electron chi connectivity index (χ4n) is 2.76. The van der Waals surface area contributed by atoms with Gasteiger partial charge in [-0.2, -0.15) is 9.39 Å². The van der Waals surface area contributed by atoms with Crippen molar-refractivity contribution < 1.29 is 13.2 Å². The second-order valence-corrected chi connectivity index (χ2v) is 9.04. The molecule has 0 aliphatic carbocycles. The zero-order valence-electron chi connectivity index (χ0n) is 14.3. The highest BCUT2D eigenvalue weighted by atomic mass is 35.5. The maximum atomic E-state index is 12.5. The number of hydrogen-bond donors (Lipinski definition) is 1.